The number of aromatic hydroxyl groups is 1. The van der Waals surface area contributed by atoms with Crippen LogP contribution < -0.4 is 4.74 Å². The van der Waals surface area contributed by atoms with Gasteiger partial charge in [0, 0.05) is 34.0 Å². The summed E-state index contributed by atoms with van der Waals surface area (Å²) in [5.74, 6) is 0.00578. The van der Waals surface area contributed by atoms with Crippen molar-refractivity contribution in [2.75, 3.05) is 21.3 Å². The average molecular weight is 476 g/mol. The van der Waals surface area contributed by atoms with Gasteiger partial charge in [0.2, 0.25) is 5.78 Å². The van der Waals surface area contributed by atoms with Gasteiger partial charge in [0.25, 0.3) is 0 Å². The molecule has 1 saturated heterocycles. The number of ether oxygens (including phenoxy) is 2. The van der Waals surface area contributed by atoms with Gasteiger partial charge >= 0.3 is 0 Å². The summed E-state index contributed by atoms with van der Waals surface area (Å²) in [6, 6.07) is 2.94. The molecule has 0 saturated carbocycles. The number of benzene rings is 1. The number of aryl methyl sites for hydroxylation is 1. The maximum absolute atomic E-state index is 13.5. The van der Waals surface area contributed by atoms with E-state index in [0.29, 0.717) is 29.7 Å². The summed E-state index contributed by atoms with van der Waals surface area (Å²) >= 11 is 0. The third-order valence-electron chi connectivity index (χ3n) is 8.00. The molecule has 4 atom stereocenters. The highest BCUT2D eigenvalue weighted by atomic mass is 16.5. The lowest BCUT2D eigenvalue weighted by molar-refractivity contribution is -0.119. The molecule has 0 amide bonds. The van der Waals surface area contributed by atoms with Crippen LogP contribution in [-0.4, -0.2) is 65.9 Å². The SMILES string of the molecule is CC[C@H]1C2=C(C=C3[C@@H]4c5c(cc(C)c(OC)c5O)C[C@H]([C@H](C#N)N31)N4C)C(=O)C(C)=C(OC)C2=O. The maximum Gasteiger partial charge on any atom is 0.226 e. The highest BCUT2D eigenvalue weighted by Crippen LogP contribution is 2.54. The molecule has 0 radical (unpaired) electrons. The summed E-state index contributed by atoms with van der Waals surface area (Å²) in [6.45, 7) is 5.44. The van der Waals surface area contributed by atoms with E-state index in [4.69, 9.17) is 9.47 Å². The van der Waals surface area contributed by atoms with E-state index in [0.717, 1.165) is 22.4 Å². The van der Waals surface area contributed by atoms with Crippen molar-refractivity contribution in [1.82, 2.24) is 9.80 Å². The molecule has 0 unspecified atom stereocenters. The zero-order chi connectivity index (χ0) is 25.3. The van der Waals surface area contributed by atoms with Crippen molar-refractivity contribution in [1.29, 1.82) is 5.26 Å². The molecule has 1 aliphatic carbocycles. The molecular formula is C27H29N3O5. The molecule has 3 aliphatic heterocycles. The van der Waals surface area contributed by atoms with E-state index < -0.39 is 18.1 Å². The predicted octanol–water partition coefficient (Wildman–Crippen LogP) is 2.86. The van der Waals surface area contributed by atoms with Crippen molar-refractivity contribution in [3.8, 4) is 17.6 Å². The van der Waals surface area contributed by atoms with Crippen LogP contribution in [0, 0.1) is 18.3 Å². The minimum atomic E-state index is -0.542. The van der Waals surface area contributed by atoms with Gasteiger partial charge in [0.15, 0.2) is 23.0 Å². The number of likely N-dealkylation sites (N-methyl/N-ethyl adjacent to an activating group) is 1. The first-order chi connectivity index (χ1) is 16.7. The number of allylic oxidation sites excluding steroid dienone is 4. The lowest BCUT2D eigenvalue weighted by Crippen LogP contribution is -2.64. The van der Waals surface area contributed by atoms with Gasteiger partial charge < -0.3 is 19.5 Å². The van der Waals surface area contributed by atoms with Gasteiger partial charge in [-0.3, -0.25) is 14.5 Å². The Morgan fingerprint density at radius 1 is 1.20 bits per heavy atom. The number of methoxy groups -OCH3 is 2. The van der Waals surface area contributed by atoms with Crippen LogP contribution in [0.5, 0.6) is 11.5 Å². The first-order valence-corrected chi connectivity index (χ1v) is 11.8. The average Bonchev–Trinajstić information content (AvgIpc) is 2.83. The highest BCUT2D eigenvalue weighted by molar-refractivity contribution is 6.26. The van der Waals surface area contributed by atoms with E-state index in [9.17, 15) is 20.0 Å². The Labute approximate surface area is 204 Å². The summed E-state index contributed by atoms with van der Waals surface area (Å²) in [5.41, 5.74) is 4.26. The molecule has 182 valence electrons. The fourth-order valence-corrected chi connectivity index (χ4v) is 6.47. The molecule has 8 heteroatoms. The van der Waals surface area contributed by atoms with Crippen LogP contribution in [0.3, 0.4) is 0 Å². The van der Waals surface area contributed by atoms with Gasteiger partial charge in [-0.2, -0.15) is 5.26 Å². The molecule has 5 rings (SSSR count). The Kier molecular flexibility index (Phi) is 5.29. The van der Waals surface area contributed by atoms with E-state index in [2.05, 4.69) is 11.0 Å². The highest BCUT2D eigenvalue weighted by Gasteiger charge is 2.54. The summed E-state index contributed by atoms with van der Waals surface area (Å²) in [7, 11) is 4.87. The standard InChI is InChI=1S/C27H29N3O5/c1-7-16-21-15(23(31)13(3)27(35-6)25(21)33)10-18-22-20-14(8-12(2)26(34-5)24(20)32)9-17(29(22)4)19(11-28)30(16)18/h8,10,16-17,19,22,32H,7,9H2,1-6H3/t16-,17+,19-,22+/m0/s1. The molecule has 1 N–H and O–H groups in total. The Balaban J connectivity index is 1.80. The molecule has 8 nitrogen and oxygen atoms in total. The summed E-state index contributed by atoms with van der Waals surface area (Å²) in [4.78, 5) is 31.0. The van der Waals surface area contributed by atoms with Crippen molar-refractivity contribution >= 4 is 11.6 Å². The van der Waals surface area contributed by atoms with Gasteiger partial charge in [-0.25, -0.2) is 0 Å². The number of hydrogen-bond acceptors (Lipinski definition) is 8. The Hall–Kier alpha value is -3.57. The van der Waals surface area contributed by atoms with E-state index >= 15 is 0 Å². The smallest absolute Gasteiger partial charge is 0.226 e. The van der Waals surface area contributed by atoms with Crippen molar-refractivity contribution in [2.45, 2.75) is 57.8 Å². The second kappa shape index (κ2) is 7.99. The molecule has 1 fully saturated rings. The molecule has 35 heavy (non-hydrogen) atoms. The van der Waals surface area contributed by atoms with Gasteiger partial charge in [-0.1, -0.05) is 13.0 Å². The molecule has 3 heterocycles. The number of phenols is 1. The van der Waals surface area contributed by atoms with Crippen molar-refractivity contribution in [2.24, 2.45) is 0 Å². The first-order valence-electron chi connectivity index (χ1n) is 11.8. The normalized spacial score (nSPS) is 27.7. The second-order valence-corrected chi connectivity index (χ2v) is 9.61. The van der Waals surface area contributed by atoms with Gasteiger partial charge in [0.1, 0.15) is 6.04 Å². The number of ketones is 2. The zero-order valence-corrected chi connectivity index (χ0v) is 20.8. The van der Waals surface area contributed by atoms with Crippen LogP contribution in [0.15, 0.2) is 40.3 Å². The van der Waals surface area contributed by atoms with E-state index in [1.165, 1.54) is 14.2 Å². The molecule has 0 aromatic heterocycles. The first kappa shape index (κ1) is 23.2. The fraction of sp³-hybridized carbons (Fsp3) is 0.444. The lowest BCUT2D eigenvalue weighted by Gasteiger charge is -2.57. The van der Waals surface area contributed by atoms with Crippen LogP contribution in [0.4, 0.5) is 0 Å². The largest absolute Gasteiger partial charge is 0.504 e. The van der Waals surface area contributed by atoms with Crippen LogP contribution >= 0.6 is 0 Å². The van der Waals surface area contributed by atoms with E-state index in [1.807, 2.05) is 31.9 Å². The molecule has 2 bridgehead atoms. The van der Waals surface area contributed by atoms with Crippen LogP contribution in [0.1, 0.15) is 43.0 Å². The summed E-state index contributed by atoms with van der Waals surface area (Å²) in [6.07, 6.45) is 2.85. The van der Waals surface area contributed by atoms with Crippen LogP contribution in [0.25, 0.3) is 0 Å². The van der Waals surface area contributed by atoms with Gasteiger partial charge in [-0.15, -0.1) is 0 Å². The third kappa shape index (κ3) is 2.88. The summed E-state index contributed by atoms with van der Waals surface area (Å²) < 4.78 is 10.8. The Morgan fingerprint density at radius 2 is 1.91 bits per heavy atom. The number of piperazine rings is 1. The second-order valence-electron chi connectivity index (χ2n) is 9.61. The number of nitriles is 1. The third-order valence-corrected chi connectivity index (χ3v) is 8.00. The van der Waals surface area contributed by atoms with Crippen molar-refractivity contribution in [3.05, 3.63) is 57.0 Å². The molecule has 1 aromatic carbocycles. The van der Waals surface area contributed by atoms with Crippen LogP contribution in [0.2, 0.25) is 0 Å². The molecule has 1 aromatic rings. The molecular weight excluding hydrogens is 446 g/mol. The number of rotatable bonds is 3. The monoisotopic (exact) mass is 475 g/mol. The topological polar surface area (TPSA) is 103 Å². The lowest BCUT2D eigenvalue weighted by atomic mass is 9.73. The molecule has 4 aliphatic rings. The maximum atomic E-state index is 13.5. The van der Waals surface area contributed by atoms with Gasteiger partial charge in [0.05, 0.1) is 32.4 Å². The fourth-order valence-electron chi connectivity index (χ4n) is 6.47. The number of nitrogens with zero attached hydrogens (tertiary/aromatic N) is 3. The number of carbonyl (C=O) groups is 2. The number of Topliss-reactive ketones (excluding diaryl/α,β-unsaturated/α-hetero) is 2. The Morgan fingerprint density at radius 3 is 2.51 bits per heavy atom. The van der Waals surface area contributed by atoms with Crippen molar-refractivity contribution < 1.29 is 24.2 Å². The minimum absolute atomic E-state index is 0.0649. The van der Waals surface area contributed by atoms with E-state index in [1.54, 1.807) is 13.0 Å². The van der Waals surface area contributed by atoms with Gasteiger partial charge in [-0.05, 0) is 50.9 Å². The number of carbonyl (C=O) groups excluding carboxylic acids is 2. The zero-order valence-electron chi connectivity index (χ0n) is 20.8. The molecule has 0 spiro atoms. The Bertz CT molecular complexity index is 1310. The predicted molar refractivity (Wildman–Crippen MR) is 128 cm³/mol. The minimum Gasteiger partial charge on any atom is -0.504 e. The van der Waals surface area contributed by atoms with Crippen LogP contribution in [-0.2, 0) is 20.7 Å². The number of hydrogen-bond donors (Lipinski definition) is 1. The van der Waals surface area contributed by atoms with Crippen molar-refractivity contribution in [3.63, 3.8) is 0 Å². The number of phenolic OH excluding ortho intramolecular Hbond substituents is 1. The number of fused-ring (bicyclic) bond motifs is 6. The summed E-state index contributed by atoms with van der Waals surface area (Å²) in [5, 5.41) is 21.6. The van der Waals surface area contributed by atoms with E-state index in [-0.39, 0.29) is 34.7 Å². The quantitative estimate of drug-likeness (QED) is 0.666.